The number of nitrogens with zero attached hydrogens (tertiary/aromatic N) is 1. The smallest absolute Gasteiger partial charge is 0.240 e. The number of aryl methyl sites for hydroxylation is 1. The van der Waals surface area contributed by atoms with E-state index in [1.54, 1.807) is 12.1 Å². The largest absolute Gasteiger partial charge is 0.303 e. The summed E-state index contributed by atoms with van der Waals surface area (Å²) in [6.45, 7) is 5.35. The topological polar surface area (TPSA) is 49.4 Å². The lowest BCUT2D eigenvalue weighted by molar-refractivity contribution is 0.337. The minimum Gasteiger partial charge on any atom is -0.303 e. The molecule has 3 saturated heterocycles. The Kier molecular flexibility index (Phi) is 3.14. The Hall–Kier alpha value is -0.910. The molecule has 5 heteroatoms. The first-order chi connectivity index (χ1) is 10.0. The summed E-state index contributed by atoms with van der Waals surface area (Å²) in [4.78, 5) is 2.90. The van der Waals surface area contributed by atoms with Crippen LogP contribution in [0.4, 0.5) is 0 Å². The molecule has 21 heavy (non-hydrogen) atoms. The van der Waals surface area contributed by atoms with Crippen LogP contribution in [0, 0.1) is 24.7 Å². The van der Waals surface area contributed by atoms with Crippen LogP contribution < -0.4 is 4.72 Å². The van der Waals surface area contributed by atoms with Crippen molar-refractivity contribution in [2.75, 3.05) is 19.6 Å². The second kappa shape index (κ2) is 4.80. The van der Waals surface area contributed by atoms with E-state index >= 15 is 0 Å². The highest BCUT2D eigenvalue weighted by Gasteiger charge is 2.51. The van der Waals surface area contributed by atoms with Crippen LogP contribution in [-0.4, -0.2) is 39.0 Å². The van der Waals surface area contributed by atoms with E-state index in [0.717, 1.165) is 25.1 Å². The van der Waals surface area contributed by atoms with Crippen molar-refractivity contribution in [3.8, 4) is 0 Å². The molecular weight excluding hydrogens is 284 g/mol. The molecule has 3 heterocycles. The van der Waals surface area contributed by atoms with Gasteiger partial charge in [-0.2, -0.15) is 0 Å². The highest BCUT2D eigenvalue weighted by atomic mass is 32.2. The van der Waals surface area contributed by atoms with E-state index in [9.17, 15) is 8.42 Å². The highest BCUT2D eigenvalue weighted by molar-refractivity contribution is 7.89. The van der Waals surface area contributed by atoms with Gasteiger partial charge in [-0.1, -0.05) is 17.7 Å². The van der Waals surface area contributed by atoms with Gasteiger partial charge in [-0.25, -0.2) is 13.1 Å². The molecule has 1 aliphatic carbocycles. The Morgan fingerprint density at radius 3 is 2.67 bits per heavy atom. The molecule has 4 bridgehead atoms. The van der Waals surface area contributed by atoms with Gasteiger partial charge in [0.2, 0.25) is 10.0 Å². The number of hydrogen-bond donors (Lipinski definition) is 1. The SMILES string of the molecule is Cc1ccc(S(=O)(=O)NC2C3CCN4CC(C3)C2C4)cc1. The molecule has 0 amide bonds. The lowest BCUT2D eigenvalue weighted by atomic mass is 9.96. The van der Waals surface area contributed by atoms with Crippen LogP contribution in [0.5, 0.6) is 0 Å². The zero-order valence-corrected chi connectivity index (χ0v) is 13.1. The van der Waals surface area contributed by atoms with E-state index in [2.05, 4.69) is 9.62 Å². The first-order valence-corrected chi connectivity index (χ1v) is 9.32. The predicted octanol–water partition coefficient (Wildman–Crippen LogP) is 1.61. The molecule has 1 aromatic carbocycles. The quantitative estimate of drug-likeness (QED) is 0.923. The summed E-state index contributed by atoms with van der Waals surface area (Å²) in [5, 5.41) is 0. The van der Waals surface area contributed by atoms with Crippen molar-refractivity contribution in [1.29, 1.82) is 0 Å². The van der Waals surface area contributed by atoms with E-state index in [-0.39, 0.29) is 6.04 Å². The normalized spacial score (nSPS) is 37.9. The van der Waals surface area contributed by atoms with Crippen LogP contribution in [0.1, 0.15) is 18.4 Å². The zero-order valence-electron chi connectivity index (χ0n) is 12.3. The van der Waals surface area contributed by atoms with Crippen molar-refractivity contribution in [2.45, 2.75) is 30.7 Å². The van der Waals surface area contributed by atoms with Gasteiger partial charge in [-0.3, -0.25) is 0 Å². The van der Waals surface area contributed by atoms with Gasteiger partial charge in [0.25, 0.3) is 0 Å². The molecule has 114 valence electrons. The Morgan fingerprint density at radius 1 is 1.14 bits per heavy atom. The predicted molar refractivity (Wildman–Crippen MR) is 81.4 cm³/mol. The third-order valence-electron chi connectivity index (χ3n) is 5.58. The summed E-state index contributed by atoms with van der Waals surface area (Å²) in [7, 11) is -3.39. The molecule has 4 nitrogen and oxygen atoms in total. The molecule has 4 aliphatic rings. The maximum atomic E-state index is 12.6. The van der Waals surface area contributed by atoms with E-state index in [0.29, 0.717) is 22.6 Å². The number of rotatable bonds is 3. The van der Waals surface area contributed by atoms with Gasteiger partial charge >= 0.3 is 0 Å². The highest BCUT2D eigenvalue weighted by Crippen LogP contribution is 2.46. The second-order valence-corrected chi connectivity index (χ2v) is 8.64. The number of benzene rings is 1. The van der Waals surface area contributed by atoms with Crippen molar-refractivity contribution < 1.29 is 8.42 Å². The molecule has 0 aromatic heterocycles. The van der Waals surface area contributed by atoms with Crippen LogP contribution >= 0.6 is 0 Å². The lowest BCUT2D eigenvalue weighted by Crippen LogP contribution is -2.42. The van der Waals surface area contributed by atoms with E-state index in [4.69, 9.17) is 0 Å². The molecule has 5 atom stereocenters. The van der Waals surface area contributed by atoms with Gasteiger partial charge in [0.1, 0.15) is 0 Å². The lowest BCUT2D eigenvalue weighted by Gasteiger charge is -2.23. The summed E-state index contributed by atoms with van der Waals surface area (Å²) in [6, 6.07) is 7.27. The maximum Gasteiger partial charge on any atom is 0.240 e. The molecule has 3 aliphatic heterocycles. The Bertz CT molecular complexity index is 641. The van der Waals surface area contributed by atoms with Gasteiger partial charge in [0.05, 0.1) is 4.90 Å². The van der Waals surface area contributed by atoms with Crippen LogP contribution in [0.2, 0.25) is 0 Å². The van der Waals surface area contributed by atoms with Crippen molar-refractivity contribution in [3.63, 3.8) is 0 Å². The maximum absolute atomic E-state index is 12.6. The molecular formula is C16H22N2O2S. The third-order valence-corrected chi connectivity index (χ3v) is 7.06. The number of nitrogens with one attached hydrogen (secondary N) is 1. The molecule has 1 aromatic rings. The van der Waals surface area contributed by atoms with E-state index in [1.807, 2.05) is 19.1 Å². The fraction of sp³-hybridized carbons (Fsp3) is 0.625. The van der Waals surface area contributed by atoms with Gasteiger partial charge < -0.3 is 4.90 Å². The van der Waals surface area contributed by atoms with E-state index < -0.39 is 10.0 Å². The molecule has 1 N–H and O–H groups in total. The second-order valence-electron chi connectivity index (χ2n) is 6.93. The Morgan fingerprint density at radius 2 is 1.90 bits per heavy atom. The molecule has 5 rings (SSSR count). The Labute approximate surface area is 126 Å². The minimum atomic E-state index is -3.39. The van der Waals surface area contributed by atoms with Crippen LogP contribution in [0.3, 0.4) is 0 Å². The monoisotopic (exact) mass is 306 g/mol. The average Bonchev–Trinajstić information content (AvgIpc) is 2.79. The molecule has 5 unspecified atom stereocenters. The zero-order chi connectivity index (χ0) is 14.6. The van der Waals surface area contributed by atoms with Gasteiger partial charge in [0, 0.05) is 19.1 Å². The summed E-state index contributed by atoms with van der Waals surface area (Å²) in [5.74, 6) is 1.73. The van der Waals surface area contributed by atoms with Crippen molar-refractivity contribution in [2.24, 2.45) is 17.8 Å². The molecule has 0 spiro atoms. The van der Waals surface area contributed by atoms with Crippen LogP contribution in [0.25, 0.3) is 0 Å². The fourth-order valence-corrected chi connectivity index (χ4v) is 5.86. The van der Waals surface area contributed by atoms with Gasteiger partial charge in [0.15, 0.2) is 0 Å². The molecule has 0 radical (unpaired) electrons. The average molecular weight is 306 g/mol. The summed E-state index contributed by atoms with van der Waals surface area (Å²) in [5.41, 5.74) is 1.08. The van der Waals surface area contributed by atoms with Crippen molar-refractivity contribution >= 4 is 10.0 Å². The third kappa shape index (κ3) is 2.31. The summed E-state index contributed by atoms with van der Waals surface area (Å²) >= 11 is 0. The summed E-state index contributed by atoms with van der Waals surface area (Å²) < 4.78 is 28.3. The van der Waals surface area contributed by atoms with Crippen molar-refractivity contribution in [3.05, 3.63) is 29.8 Å². The minimum absolute atomic E-state index is 0.133. The first kappa shape index (κ1) is 13.7. The van der Waals surface area contributed by atoms with Crippen LogP contribution in [0.15, 0.2) is 29.2 Å². The Balaban J connectivity index is 1.59. The number of hydrogen-bond acceptors (Lipinski definition) is 3. The van der Waals surface area contributed by atoms with Gasteiger partial charge in [-0.15, -0.1) is 0 Å². The first-order valence-electron chi connectivity index (χ1n) is 7.84. The van der Waals surface area contributed by atoms with Gasteiger partial charge in [-0.05, 0) is 56.2 Å². The summed E-state index contributed by atoms with van der Waals surface area (Å²) in [6.07, 6.45) is 2.33. The van der Waals surface area contributed by atoms with E-state index in [1.165, 1.54) is 13.0 Å². The number of fused-ring (bicyclic) bond motifs is 1. The standard InChI is InChI=1S/C16H22N2O2S/c1-11-2-4-14(5-3-11)21(19,20)17-16-12-6-7-18-9-13(8-12)15(16)10-18/h2-5,12-13,15-17H,6-10H2,1H3. The van der Waals surface area contributed by atoms with Crippen molar-refractivity contribution in [1.82, 2.24) is 9.62 Å². The number of sulfonamides is 1. The van der Waals surface area contributed by atoms with Crippen LogP contribution in [-0.2, 0) is 10.0 Å². The molecule has 4 fully saturated rings. The molecule has 1 saturated carbocycles. The fourth-order valence-electron chi connectivity index (χ4n) is 4.51.